The van der Waals surface area contributed by atoms with Gasteiger partial charge < -0.3 is 15.0 Å². The first-order valence-electron chi connectivity index (χ1n) is 6.99. The van der Waals surface area contributed by atoms with E-state index in [1.165, 1.54) is 5.56 Å². The van der Waals surface area contributed by atoms with Gasteiger partial charge in [0, 0.05) is 32.1 Å². The van der Waals surface area contributed by atoms with Crippen LogP contribution in [0.3, 0.4) is 0 Å². The van der Waals surface area contributed by atoms with Crippen molar-refractivity contribution in [3.8, 4) is 5.75 Å². The highest BCUT2D eigenvalue weighted by molar-refractivity contribution is 5.79. The Labute approximate surface area is 113 Å². The summed E-state index contributed by atoms with van der Waals surface area (Å²) in [7, 11) is 0. The third kappa shape index (κ3) is 2.59. The van der Waals surface area contributed by atoms with Crippen LogP contribution >= 0.6 is 0 Å². The third-order valence-corrected chi connectivity index (χ3v) is 3.93. The first-order valence-corrected chi connectivity index (χ1v) is 6.99. The van der Waals surface area contributed by atoms with Crippen LogP contribution in [0.5, 0.6) is 5.75 Å². The lowest BCUT2D eigenvalue weighted by atomic mass is 10.0. The van der Waals surface area contributed by atoms with Gasteiger partial charge in [0.05, 0.1) is 13.0 Å². The van der Waals surface area contributed by atoms with E-state index >= 15 is 0 Å². The maximum atomic E-state index is 12.3. The Kier molecular flexibility index (Phi) is 3.42. The number of nitrogens with zero attached hydrogens (tertiary/aromatic N) is 1. The highest BCUT2D eigenvalue weighted by Gasteiger charge is 2.23. The number of carbonyl (C=O) groups excluding carboxylic acids is 1. The lowest BCUT2D eigenvalue weighted by Gasteiger charge is -2.34. The van der Waals surface area contributed by atoms with Crippen LogP contribution in [-0.4, -0.2) is 43.1 Å². The number of rotatable bonds is 2. The molecule has 1 atom stereocenters. The number of benzene rings is 1. The van der Waals surface area contributed by atoms with E-state index in [1.807, 2.05) is 17.0 Å². The molecule has 2 heterocycles. The van der Waals surface area contributed by atoms with Gasteiger partial charge >= 0.3 is 0 Å². The molecule has 19 heavy (non-hydrogen) atoms. The number of hydrogen-bond donors (Lipinski definition) is 1. The molecule has 0 spiro atoms. The van der Waals surface area contributed by atoms with Crippen molar-refractivity contribution in [2.45, 2.75) is 25.8 Å². The minimum atomic E-state index is 0.230. The summed E-state index contributed by atoms with van der Waals surface area (Å²) in [6.45, 7) is 5.47. The standard InChI is InChI=1S/C15H20N2O2/c1-11-10-16-5-6-17(11)15(18)9-12-2-3-14-13(8-12)4-7-19-14/h2-3,8,11,16H,4-7,9-10H2,1H3/t11-/m0/s1. The molecule has 102 valence electrons. The Morgan fingerprint density at radius 1 is 1.53 bits per heavy atom. The van der Waals surface area contributed by atoms with E-state index in [2.05, 4.69) is 18.3 Å². The summed E-state index contributed by atoms with van der Waals surface area (Å²) in [5, 5.41) is 3.31. The predicted octanol–water partition coefficient (Wildman–Crippen LogP) is 0.984. The van der Waals surface area contributed by atoms with E-state index in [0.29, 0.717) is 12.5 Å². The van der Waals surface area contributed by atoms with Gasteiger partial charge in [-0.05, 0) is 24.1 Å². The quantitative estimate of drug-likeness (QED) is 0.862. The zero-order valence-electron chi connectivity index (χ0n) is 11.3. The monoisotopic (exact) mass is 260 g/mol. The molecule has 4 heteroatoms. The largest absolute Gasteiger partial charge is 0.493 e. The normalized spacial score (nSPS) is 21.9. The van der Waals surface area contributed by atoms with Gasteiger partial charge in [0.2, 0.25) is 5.91 Å². The van der Waals surface area contributed by atoms with Gasteiger partial charge in [-0.2, -0.15) is 0 Å². The topological polar surface area (TPSA) is 41.6 Å². The van der Waals surface area contributed by atoms with Crippen molar-refractivity contribution in [2.24, 2.45) is 0 Å². The fraction of sp³-hybridized carbons (Fsp3) is 0.533. The summed E-state index contributed by atoms with van der Waals surface area (Å²) in [5.74, 6) is 1.21. The highest BCUT2D eigenvalue weighted by atomic mass is 16.5. The SMILES string of the molecule is C[C@H]1CNCCN1C(=O)Cc1ccc2c(c1)CCO2. The molecule has 2 aliphatic heterocycles. The van der Waals surface area contributed by atoms with Crippen LogP contribution in [0.25, 0.3) is 0 Å². The second kappa shape index (κ2) is 5.21. The summed E-state index contributed by atoms with van der Waals surface area (Å²) in [6.07, 6.45) is 1.46. The molecule has 0 bridgehead atoms. The molecule has 2 aliphatic rings. The number of amides is 1. The van der Waals surface area contributed by atoms with E-state index in [1.54, 1.807) is 0 Å². The average Bonchev–Trinajstić information content (AvgIpc) is 2.86. The zero-order valence-corrected chi connectivity index (χ0v) is 11.3. The van der Waals surface area contributed by atoms with Crippen LogP contribution in [0, 0.1) is 0 Å². The summed E-state index contributed by atoms with van der Waals surface area (Å²) < 4.78 is 5.49. The number of carbonyl (C=O) groups is 1. The van der Waals surface area contributed by atoms with Crippen molar-refractivity contribution >= 4 is 5.91 Å². The number of piperazine rings is 1. The summed E-state index contributed by atoms with van der Waals surface area (Å²) in [5.41, 5.74) is 2.33. The molecule has 1 aromatic carbocycles. The molecule has 3 rings (SSSR count). The van der Waals surface area contributed by atoms with Crippen LogP contribution in [0.2, 0.25) is 0 Å². The maximum absolute atomic E-state index is 12.3. The molecule has 0 saturated carbocycles. The second-order valence-electron chi connectivity index (χ2n) is 5.36. The third-order valence-electron chi connectivity index (χ3n) is 3.93. The molecular weight excluding hydrogens is 240 g/mol. The van der Waals surface area contributed by atoms with Crippen LogP contribution in [-0.2, 0) is 17.6 Å². The average molecular weight is 260 g/mol. The van der Waals surface area contributed by atoms with Crippen LogP contribution in [0.15, 0.2) is 18.2 Å². The molecule has 0 unspecified atom stereocenters. The Morgan fingerprint density at radius 3 is 3.26 bits per heavy atom. The molecule has 1 fully saturated rings. The maximum Gasteiger partial charge on any atom is 0.227 e. The van der Waals surface area contributed by atoms with Crippen molar-refractivity contribution < 1.29 is 9.53 Å². The van der Waals surface area contributed by atoms with Gasteiger partial charge in [0.1, 0.15) is 5.75 Å². The lowest BCUT2D eigenvalue weighted by molar-refractivity contribution is -0.133. The predicted molar refractivity (Wildman–Crippen MR) is 73.4 cm³/mol. The lowest BCUT2D eigenvalue weighted by Crippen LogP contribution is -2.52. The molecule has 0 aromatic heterocycles. The Bertz CT molecular complexity index is 487. The smallest absolute Gasteiger partial charge is 0.227 e. The highest BCUT2D eigenvalue weighted by Crippen LogP contribution is 2.26. The summed E-state index contributed by atoms with van der Waals surface area (Å²) in [4.78, 5) is 14.3. The van der Waals surface area contributed by atoms with Crippen LogP contribution < -0.4 is 10.1 Å². The first-order chi connectivity index (χ1) is 9.24. The Morgan fingerprint density at radius 2 is 2.42 bits per heavy atom. The van der Waals surface area contributed by atoms with Gasteiger partial charge in [-0.15, -0.1) is 0 Å². The molecule has 1 amide bonds. The second-order valence-corrected chi connectivity index (χ2v) is 5.36. The summed E-state index contributed by atoms with van der Waals surface area (Å²) >= 11 is 0. The zero-order chi connectivity index (χ0) is 13.2. The molecule has 1 N–H and O–H groups in total. The number of nitrogens with one attached hydrogen (secondary N) is 1. The van der Waals surface area contributed by atoms with E-state index in [-0.39, 0.29) is 5.91 Å². The van der Waals surface area contributed by atoms with Gasteiger partial charge in [-0.3, -0.25) is 4.79 Å². The molecular formula is C15H20N2O2. The van der Waals surface area contributed by atoms with Crippen LogP contribution in [0.4, 0.5) is 0 Å². The van der Waals surface area contributed by atoms with Crippen molar-refractivity contribution in [3.63, 3.8) is 0 Å². The first kappa shape index (κ1) is 12.5. The summed E-state index contributed by atoms with van der Waals surface area (Å²) in [6, 6.07) is 6.41. The van der Waals surface area contributed by atoms with E-state index in [9.17, 15) is 4.79 Å². The van der Waals surface area contributed by atoms with Gasteiger partial charge in [-0.25, -0.2) is 0 Å². The van der Waals surface area contributed by atoms with Gasteiger partial charge in [0.15, 0.2) is 0 Å². The molecule has 1 saturated heterocycles. The van der Waals surface area contributed by atoms with Gasteiger partial charge in [0.25, 0.3) is 0 Å². The van der Waals surface area contributed by atoms with Crippen molar-refractivity contribution in [3.05, 3.63) is 29.3 Å². The van der Waals surface area contributed by atoms with Crippen molar-refractivity contribution in [1.29, 1.82) is 0 Å². The van der Waals surface area contributed by atoms with Crippen molar-refractivity contribution in [1.82, 2.24) is 10.2 Å². The molecule has 1 aromatic rings. The minimum Gasteiger partial charge on any atom is -0.493 e. The van der Waals surface area contributed by atoms with Crippen LogP contribution in [0.1, 0.15) is 18.1 Å². The fourth-order valence-electron chi connectivity index (χ4n) is 2.84. The number of fused-ring (bicyclic) bond motifs is 1. The fourth-order valence-corrected chi connectivity index (χ4v) is 2.84. The molecule has 0 aliphatic carbocycles. The number of hydrogen-bond acceptors (Lipinski definition) is 3. The van der Waals surface area contributed by atoms with Gasteiger partial charge in [-0.1, -0.05) is 12.1 Å². The Hall–Kier alpha value is -1.55. The number of ether oxygens (including phenoxy) is 1. The minimum absolute atomic E-state index is 0.230. The molecule has 4 nitrogen and oxygen atoms in total. The van der Waals surface area contributed by atoms with E-state index in [0.717, 1.165) is 44.0 Å². The Balaban J connectivity index is 1.69. The van der Waals surface area contributed by atoms with E-state index < -0.39 is 0 Å². The molecule has 0 radical (unpaired) electrons. The van der Waals surface area contributed by atoms with E-state index in [4.69, 9.17) is 4.74 Å². The van der Waals surface area contributed by atoms with Crippen molar-refractivity contribution in [2.75, 3.05) is 26.2 Å².